The molecule has 0 saturated carbocycles. The van der Waals surface area contributed by atoms with Crippen molar-refractivity contribution < 1.29 is 14.8 Å². The average Bonchev–Trinajstić information content (AvgIpc) is 2.43. The van der Waals surface area contributed by atoms with Gasteiger partial charge in [-0.05, 0) is 45.1 Å². The van der Waals surface area contributed by atoms with Gasteiger partial charge in [0.1, 0.15) is 0 Å². The van der Waals surface area contributed by atoms with Crippen LogP contribution < -0.4 is 5.46 Å². The molecule has 1 rings (SSSR count). The summed E-state index contributed by atoms with van der Waals surface area (Å²) in [6.07, 6.45) is 1.17. The Kier molecular flexibility index (Phi) is 6.99. The fraction of sp³-hybridized carbons (Fsp3) is 0.647. The lowest BCUT2D eigenvalue weighted by Gasteiger charge is -2.38. The van der Waals surface area contributed by atoms with Crippen molar-refractivity contribution in [3.63, 3.8) is 0 Å². The Morgan fingerprint density at radius 2 is 1.73 bits per heavy atom. The molecule has 3 nitrogen and oxygen atoms in total. The third-order valence-corrected chi connectivity index (χ3v) is 5.66. The first kappa shape index (κ1) is 19.6. The highest BCUT2D eigenvalue weighted by molar-refractivity contribution is 7.99. The first-order valence-electron chi connectivity index (χ1n) is 7.85. The predicted octanol–water partition coefficient (Wildman–Crippen LogP) is 2.97. The minimum atomic E-state index is -1.04. The van der Waals surface area contributed by atoms with Gasteiger partial charge in [0.05, 0.1) is 11.2 Å². The lowest BCUT2D eigenvalue weighted by atomic mass is 9.76. The summed E-state index contributed by atoms with van der Waals surface area (Å²) >= 11 is 1.93. The molecule has 0 heterocycles. The first-order chi connectivity index (χ1) is 10.1. The minimum absolute atomic E-state index is 0.654. The molecule has 0 bridgehead atoms. The van der Waals surface area contributed by atoms with Crippen LogP contribution in [0.25, 0.3) is 0 Å². The molecule has 0 unspecified atom stereocenters. The number of rotatable bonds is 8. The Morgan fingerprint density at radius 3 is 2.18 bits per heavy atom. The molecular formula is C17H29BO3S. The molecule has 5 heteroatoms. The summed E-state index contributed by atoms with van der Waals surface area (Å²) in [5.74, 6) is 0.974. The minimum Gasteiger partial charge on any atom is -0.423 e. The van der Waals surface area contributed by atoms with Crippen LogP contribution in [-0.2, 0) is 10.4 Å². The van der Waals surface area contributed by atoms with Crippen LogP contribution in [0.2, 0.25) is 0 Å². The Bertz CT molecular complexity index is 454. The van der Waals surface area contributed by atoms with Gasteiger partial charge in [-0.1, -0.05) is 38.1 Å². The van der Waals surface area contributed by atoms with Gasteiger partial charge in [0.25, 0.3) is 0 Å². The standard InChI is InChI=1S/C17H29BO3S/c1-7-13(2)22-12-14-8-10-15(11-9-14)18(20)21-17(5,6)16(3,4)19/h8-11,13,19-20H,7,12H2,1-6H3/t13-/m1/s1. The van der Waals surface area contributed by atoms with Crippen LogP contribution in [0.4, 0.5) is 0 Å². The van der Waals surface area contributed by atoms with Gasteiger partial charge < -0.3 is 14.8 Å². The van der Waals surface area contributed by atoms with Crippen LogP contribution in [0, 0.1) is 0 Å². The lowest BCUT2D eigenvalue weighted by molar-refractivity contribution is -0.0982. The fourth-order valence-electron chi connectivity index (χ4n) is 1.63. The Morgan fingerprint density at radius 1 is 1.18 bits per heavy atom. The molecule has 0 aliphatic rings. The summed E-state index contributed by atoms with van der Waals surface area (Å²) in [6, 6.07) is 7.82. The summed E-state index contributed by atoms with van der Waals surface area (Å²) in [7, 11) is -1.04. The van der Waals surface area contributed by atoms with Crippen molar-refractivity contribution in [3.05, 3.63) is 29.8 Å². The van der Waals surface area contributed by atoms with E-state index in [2.05, 4.69) is 13.8 Å². The van der Waals surface area contributed by atoms with Crippen LogP contribution in [0.15, 0.2) is 24.3 Å². The van der Waals surface area contributed by atoms with Gasteiger partial charge in [0.15, 0.2) is 0 Å². The summed E-state index contributed by atoms with van der Waals surface area (Å²) in [4.78, 5) is 0. The fourth-order valence-corrected chi connectivity index (χ4v) is 2.53. The highest BCUT2D eigenvalue weighted by Gasteiger charge is 2.39. The smallest absolute Gasteiger partial charge is 0.423 e. The number of aliphatic hydroxyl groups is 1. The molecular weight excluding hydrogens is 295 g/mol. The maximum atomic E-state index is 10.2. The van der Waals surface area contributed by atoms with Crippen molar-refractivity contribution in [2.45, 2.75) is 70.2 Å². The van der Waals surface area contributed by atoms with E-state index in [0.29, 0.717) is 10.7 Å². The van der Waals surface area contributed by atoms with E-state index in [1.54, 1.807) is 27.7 Å². The Hall–Kier alpha value is -0.485. The molecule has 0 aliphatic heterocycles. The van der Waals surface area contributed by atoms with Crippen molar-refractivity contribution in [2.75, 3.05) is 0 Å². The molecule has 0 aliphatic carbocycles. The molecule has 0 aromatic heterocycles. The molecule has 0 radical (unpaired) electrons. The molecule has 22 heavy (non-hydrogen) atoms. The zero-order valence-electron chi connectivity index (χ0n) is 14.6. The van der Waals surface area contributed by atoms with Crippen LogP contribution >= 0.6 is 11.8 Å². The summed E-state index contributed by atoms with van der Waals surface area (Å²) in [5.41, 5.74) is 0.0517. The van der Waals surface area contributed by atoms with E-state index >= 15 is 0 Å². The number of hydrogen-bond acceptors (Lipinski definition) is 4. The number of benzene rings is 1. The van der Waals surface area contributed by atoms with Gasteiger partial charge >= 0.3 is 7.12 Å². The normalized spacial score (nSPS) is 14.0. The SMILES string of the molecule is CC[C@@H](C)SCc1ccc(B(O)OC(C)(C)C(C)(C)O)cc1. The number of hydrogen-bond donors (Lipinski definition) is 2. The van der Waals surface area contributed by atoms with E-state index in [0.717, 1.165) is 5.75 Å². The predicted molar refractivity (Wildman–Crippen MR) is 96.6 cm³/mol. The van der Waals surface area contributed by atoms with E-state index in [-0.39, 0.29) is 0 Å². The van der Waals surface area contributed by atoms with Gasteiger partial charge in [-0.3, -0.25) is 0 Å². The van der Waals surface area contributed by atoms with E-state index in [1.165, 1.54) is 12.0 Å². The zero-order chi connectivity index (χ0) is 17.0. The second kappa shape index (κ2) is 7.87. The maximum Gasteiger partial charge on any atom is 0.491 e. The summed E-state index contributed by atoms with van der Waals surface area (Å²) in [6.45, 7) is 11.3. The first-order valence-corrected chi connectivity index (χ1v) is 8.90. The van der Waals surface area contributed by atoms with Crippen molar-refractivity contribution in [2.24, 2.45) is 0 Å². The average molecular weight is 324 g/mol. The van der Waals surface area contributed by atoms with E-state index in [4.69, 9.17) is 4.65 Å². The Balaban J connectivity index is 2.66. The van der Waals surface area contributed by atoms with Crippen LogP contribution in [0.3, 0.4) is 0 Å². The summed E-state index contributed by atoms with van der Waals surface area (Å²) < 4.78 is 5.64. The van der Waals surface area contributed by atoms with Gasteiger partial charge in [0, 0.05) is 11.0 Å². The van der Waals surface area contributed by atoms with Gasteiger partial charge in [0.2, 0.25) is 0 Å². The highest BCUT2D eigenvalue weighted by Crippen LogP contribution is 2.25. The van der Waals surface area contributed by atoms with Crippen molar-refractivity contribution >= 4 is 24.3 Å². The third kappa shape index (κ3) is 5.62. The second-order valence-corrected chi connectivity index (χ2v) is 8.24. The zero-order valence-corrected chi connectivity index (χ0v) is 15.4. The molecule has 0 amide bonds. The van der Waals surface area contributed by atoms with Crippen LogP contribution in [0.5, 0.6) is 0 Å². The Labute approximate surface area is 139 Å². The summed E-state index contributed by atoms with van der Waals surface area (Å²) in [5, 5.41) is 21.0. The third-order valence-electron chi connectivity index (χ3n) is 4.25. The van der Waals surface area contributed by atoms with Crippen LogP contribution in [0.1, 0.15) is 53.5 Å². The molecule has 0 spiro atoms. The molecule has 1 atom stereocenters. The maximum absolute atomic E-state index is 10.2. The molecule has 0 saturated heterocycles. The largest absolute Gasteiger partial charge is 0.491 e. The van der Waals surface area contributed by atoms with Crippen molar-refractivity contribution in [1.82, 2.24) is 0 Å². The number of thioether (sulfide) groups is 1. The van der Waals surface area contributed by atoms with Crippen molar-refractivity contribution in [1.29, 1.82) is 0 Å². The van der Waals surface area contributed by atoms with E-state index in [9.17, 15) is 10.1 Å². The quantitative estimate of drug-likeness (QED) is 0.722. The van der Waals surface area contributed by atoms with Gasteiger partial charge in [-0.25, -0.2) is 0 Å². The monoisotopic (exact) mass is 324 g/mol. The molecule has 2 N–H and O–H groups in total. The molecule has 1 aromatic rings. The topological polar surface area (TPSA) is 49.7 Å². The van der Waals surface area contributed by atoms with E-state index < -0.39 is 18.3 Å². The molecule has 1 aromatic carbocycles. The highest BCUT2D eigenvalue weighted by atomic mass is 32.2. The van der Waals surface area contributed by atoms with Gasteiger partial charge in [-0.2, -0.15) is 11.8 Å². The van der Waals surface area contributed by atoms with Crippen molar-refractivity contribution in [3.8, 4) is 0 Å². The van der Waals surface area contributed by atoms with Crippen LogP contribution in [-0.4, -0.2) is 33.7 Å². The lowest BCUT2D eigenvalue weighted by Crippen LogP contribution is -2.53. The molecule has 0 fully saturated rings. The second-order valence-electron chi connectivity index (χ2n) is 6.81. The van der Waals surface area contributed by atoms with Gasteiger partial charge in [-0.15, -0.1) is 0 Å². The molecule has 124 valence electrons. The van der Waals surface area contributed by atoms with E-state index in [1.807, 2.05) is 36.0 Å².